The summed E-state index contributed by atoms with van der Waals surface area (Å²) in [4.78, 5) is 16.8. The molecule has 0 saturated carbocycles. The summed E-state index contributed by atoms with van der Waals surface area (Å²) in [5.41, 5.74) is 6.18. The Morgan fingerprint density at radius 2 is 1.86 bits per heavy atom. The molecule has 0 saturated heterocycles. The number of hydrogen-bond acceptors (Lipinski definition) is 6. The largest absolute Gasteiger partial charge is 0.497 e. The number of methoxy groups -OCH3 is 2. The molecule has 4 rings (SSSR count). The maximum Gasteiger partial charge on any atom is 0.496 e. The van der Waals surface area contributed by atoms with Crippen LogP contribution in [0.2, 0.25) is 0 Å². The summed E-state index contributed by atoms with van der Waals surface area (Å²) in [6, 6.07) is 8.06. The normalized spacial score (nSPS) is 15.5. The molecule has 1 aliphatic carbocycles. The van der Waals surface area contributed by atoms with E-state index < -0.39 is 7.12 Å². The SMILES string of the molecule is COc1cc(C=C2C(C)=C(CCC(=O)CC3=NC=CC3)c3cc(F)ccc32)cc(OC)c1B(O)O. The van der Waals surface area contributed by atoms with Gasteiger partial charge < -0.3 is 19.5 Å². The predicted octanol–water partition coefficient (Wildman–Crippen LogP) is 3.95. The van der Waals surface area contributed by atoms with E-state index in [0.29, 0.717) is 25.7 Å². The van der Waals surface area contributed by atoms with Crippen molar-refractivity contribution in [1.29, 1.82) is 0 Å². The van der Waals surface area contributed by atoms with Gasteiger partial charge in [0.1, 0.15) is 23.1 Å². The number of allylic oxidation sites excluding steroid dienone is 4. The van der Waals surface area contributed by atoms with Crippen LogP contribution in [0.1, 0.15) is 49.3 Å². The van der Waals surface area contributed by atoms with E-state index >= 15 is 0 Å². The first kappa shape index (κ1) is 24.6. The van der Waals surface area contributed by atoms with Crippen LogP contribution in [0.3, 0.4) is 0 Å². The Morgan fingerprint density at radius 3 is 2.46 bits per heavy atom. The highest BCUT2D eigenvalue weighted by Gasteiger charge is 2.26. The van der Waals surface area contributed by atoms with Crippen LogP contribution in [0.4, 0.5) is 4.39 Å². The lowest BCUT2D eigenvalue weighted by molar-refractivity contribution is -0.117. The summed E-state index contributed by atoms with van der Waals surface area (Å²) in [7, 11) is 1.13. The third-order valence-electron chi connectivity index (χ3n) is 6.36. The number of carbonyl (C=O) groups is 1. The zero-order chi connectivity index (χ0) is 25.1. The number of nitrogens with zero attached hydrogens (tertiary/aromatic N) is 1. The van der Waals surface area contributed by atoms with Gasteiger partial charge in [0.05, 0.1) is 19.7 Å². The van der Waals surface area contributed by atoms with E-state index in [0.717, 1.165) is 39.1 Å². The van der Waals surface area contributed by atoms with Gasteiger partial charge in [0.25, 0.3) is 0 Å². The zero-order valence-corrected chi connectivity index (χ0v) is 20.0. The molecule has 0 bridgehead atoms. The van der Waals surface area contributed by atoms with Gasteiger partial charge in [-0.05, 0) is 77.1 Å². The van der Waals surface area contributed by atoms with Gasteiger partial charge in [-0.1, -0.05) is 12.1 Å². The maximum absolute atomic E-state index is 14.2. The van der Waals surface area contributed by atoms with E-state index in [1.54, 1.807) is 24.4 Å². The molecule has 0 atom stereocenters. The standard InChI is InChI=1S/C27H27BFNO5/c1-16-21(9-7-20(31)15-19-5-4-10-30-19)24-14-18(29)6-8-22(24)23(16)11-17-12-25(34-2)27(28(32)33)26(13-17)35-3/h4,6,8,10-14,32-33H,5,7,9,15H2,1-3H3. The van der Waals surface area contributed by atoms with Crippen molar-refractivity contribution in [2.45, 2.75) is 32.6 Å². The van der Waals surface area contributed by atoms with Gasteiger partial charge in [-0.2, -0.15) is 0 Å². The van der Waals surface area contributed by atoms with Crippen molar-refractivity contribution in [2.24, 2.45) is 4.99 Å². The van der Waals surface area contributed by atoms with Gasteiger partial charge in [-0.3, -0.25) is 9.79 Å². The number of ketones is 1. The lowest BCUT2D eigenvalue weighted by Crippen LogP contribution is -2.32. The first-order valence-electron chi connectivity index (χ1n) is 11.4. The molecule has 2 aromatic carbocycles. The monoisotopic (exact) mass is 475 g/mol. The number of Topliss-reactive ketones (excluding diaryl/α,β-unsaturated/α-hetero) is 1. The minimum Gasteiger partial charge on any atom is -0.497 e. The van der Waals surface area contributed by atoms with Crippen LogP contribution >= 0.6 is 0 Å². The van der Waals surface area contributed by atoms with E-state index in [1.807, 2.05) is 19.1 Å². The lowest BCUT2D eigenvalue weighted by Gasteiger charge is -2.14. The Balaban J connectivity index is 1.69. The number of benzene rings is 2. The summed E-state index contributed by atoms with van der Waals surface area (Å²) in [5.74, 6) is 0.328. The summed E-state index contributed by atoms with van der Waals surface area (Å²) in [5, 5.41) is 19.5. The van der Waals surface area contributed by atoms with Crippen molar-refractivity contribution in [3.05, 3.63) is 70.7 Å². The van der Waals surface area contributed by atoms with Crippen molar-refractivity contribution in [3.8, 4) is 11.5 Å². The van der Waals surface area contributed by atoms with Crippen LogP contribution in [0.25, 0.3) is 17.2 Å². The average molecular weight is 475 g/mol. The Morgan fingerprint density at radius 1 is 1.14 bits per heavy atom. The summed E-state index contributed by atoms with van der Waals surface area (Å²) < 4.78 is 24.9. The van der Waals surface area contributed by atoms with Crippen molar-refractivity contribution < 1.29 is 28.7 Å². The summed E-state index contributed by atoms with van der Waals surface area (Å²) in [6.07, 6.45) is 7.48. The lowest BCUT2D eigenvalue weighted by atomic mass is 9.78. The molecule has 1 aliphatic heterocycles. The molecule has 2 aromatic rings. The molecule has 35 heavy (non-hydrogen) atoms. The van der Waals surface area contributed by atoms with E-state index in [-0.39, 0.29) is 28.6 Å². The van der Waals surface area contributed by atoms with Gasteiger partial charge in [-0.15, -0.1) is 0 Å². The smallest absolute Gasteiger partial charge is 0.496 e. The topological polar surface area (TPSA) is 88.4 Å². The van der Waals surface area contributed by atoms with Crippen LogP contribution in [0.15, 0.2) is 53.2 Å². The molecule has 0 amide bonds. The molecule has 180 valence electrons. The number of hydrogen-bond donors (Lipinski definition) is 2. The number of fused-ring (bicyclic) bond motifs is 1. The maximum atomic E-state index is 14.2. The minimum absolute atomic E-state index is 0.107. The molecule has 0 radical (unpaired) electrons. The predicted molar refractivity (Wildman–Crippen MR) is 136 cm³/mol. The molecular formula is C27H27BFNO5. The number of carbonyl (C=O) groups excluding carboxylic acids is 1. The van der Waals surface area contributed by atoms with E-state index in [2.05, 4.69) is 4.99 Å². The van der Waals surface area contributed by atoms with Crippen LogP contribution < -0.4 is 14.9 Å². The van der Waals surface area contributed by atoms with Gasteiger partial charge in [-0.25, -0.2) is 4.39 Å². The molecule has 6 nitrogen and oxygen atoms in total. The molecule has 0 unspecified atom stereocenters. The highest BCUT2D eigenvalue weighted by atomic mass is 19.1. The Hall–Kier alpha value is -3.49. The van der Waals surface area contributed by atoms with E-state index in [9.17, 15) is 19.2 Å². The highest BCUT2D eigenvalue weighted by molar-refractivity contribution is 6.61. The molecule has 2 aliphatic rings. The second-order valence-electron chi connectivity index (χ2n) is 8.56. The minimum atomic E-state index is -1.76. The van der Waals surface area contributed by atoms with Gasteiger partial charge in [0.2, 0.25) is 0 Å². The molecular weight excluding hydrogens is 448 g/mol. The van der Waals surface area contributed by atoms with E-state index in [4.69, 9.17) is 9.47 Å². The second kappa shape index (κ2) is 10.4. The van der Waals surface area contributed by atoms with Crippen LogP contribution in [-0.2, 0) is 4.79 Å². The molecule has 1 heterocycles. The van der Waals surface area contributed by atoms with Crippen LogP contribution in [0, 0.1) is 5.82 Å². The second-order valence-corrected chi connectivity index (χ2v) is 8.56. The molecule has 0 aromatic heterocycles. The fourth-order valence-electron chi connectivity index (χ4n) is 4.64. The van der Waals surface area contributed by atoms with Gasteiger partial charge in [0.15, 0.2) is 0 Å². The van der Waals surface area contributed by atoms with Crippen molar-refractivity contribution >= 4 is 41.3 Å². The summed E-state index contributed by atoms with van der Waals surface area (Å²) >= 11 is 0. The molecule has 8 heteroatoms. The fraction of sp³-hybridized carbons (Fsp3) is 0.259. The first-order valence-corrected chi connectivity index (χ1v) is 11.4. The Kier molecular flexibility index (Phi) is 7.33. The summed E-state index contributed by atoms with van der Waals surface area (Å²) in [6.45, 7) is 1.97. The third-order valence-corrected chi connectivity index (χ3v) is 6.36. The van der Waals surface area contributed by atoms with Crippen LogP contribution in [0.5, 0.6) is 11.5 Å². The van der Waals surface area contributed by atoms with Crippen molar-refractivity contribution in [2.75, 3.05) is 14.2 Å². The first-order chi connectivity index (χ1) is 16.8. The van der Waals surface area contributed by atoms with Crippen LogP contribution in [-0.4, -0.2) is 42.9 Å². The van der Waals surface area contributed by atoms with Crippen molar-refractivity contribution in [1.82, 2.24) is 0 Å². The van der Waals surface area contributed by atoms with E-state index in [1.165, 1.54) is 26.4 Å². The quantitative estimate of drug-likeness (QED) is 0.537. The number of ether oxygens (including phenoxy) is 2. The van der Waals surface area contributed by atoms with Gasteiger partial charge in [0, 0.05) is 31.2 Å². The molecule has 2 N–H and O–H groups in total. The Bertz CT molecular complexity index is 1270. The molecule has 0 fully saturated rings. The zero-order valence-electron chi connectivity index (χ0n) is 20.0. The number of aliphatic imine (C=N–C) groups is 1. The Labute approximate surface area is 204 Å². The van der Waals surface area contributed by atoms with Gasteiger partial charge >= 0.3 is 7.12 Å². The molecule has 0 spiro atoms. The number of rotatable bonds is 9. The highest BCUT2D eigenvalue weighted by Crippen LogP contribution is 2.44. The fourth-order valence-corrected chi connectivity index (χ4v) is 4.64. The average Bonchev–Trinajstić information content (AvgIpc) is 3.43. The third kappa shape index (κ3) is 5.13. The van der Waals surface area contributed by atoms with Crippen molar-refractivity contribution in [3.63, 3.8) is 0 Å². The number of halogens is 1.